The number of para-hydroxylation sites is 1. The highest BCUT2D eigenvalue weighted by atomic mass is 16.1. The molecule has 1 fully saturated rings. The lowest BCUT2D eigenvalue weighted by atomic mass is 10.1. The molecule has 0 saturated carbocycles. The molecule has 1 saturated heterocycles. The fourth-order valence-electron chi connectivity index (χ4n) is 3.64. The van der Waals surface area contributed by atoms with Crippen LogP contribution in [0, 0.1) is 13.8 Å². The largest absolute Gasteiger partial charge is 0.381 e. The van der Waals surface area contributed by atoms with E-state index in [0.29, 0.717) is 0 Å². The number of aryl methyl sites for hydroxylation is 2. The van der Waals surface area contributed by atoms with Crippen LogP contribution >= 0.6 is 0 Å². The minimum Gasteiger partial charge on any atom is -0.381 e. The minimum absolute atomic E-state index is 0.143. The Kier molecular flexibility index (Phi) is 5.08. The summed E-state index contributed by atoms with van der Waals surface area (Å²) in [6.07, 6.45) is 1.89. The van der Waals surface area contributed by atoms with Gasteiger partial charge in [0.1, 0.15) is 0 Å². The Hall–Kier alpha value is -2.34. The molecule has 1 aliphatic rings. The number of carbonyl (C=O) groups excluding carboxylic acids is 1. The number of aromatic nitrogens is 2. The molecule has 0 spiro atoms. The molecule has 0 unspecified atom stereocenters. The Bertz CT molecular complexity index is 767. The lowest BCUT2D eigenvalue weighted by Crippen LogP contribution is -2.39. The van der Waals surface area contributed by atoms with Gasteiger partial charge >= 0.3 is 0 Å². The van der Waals surface area contributed by atoms with Gasteiger partial charge in [0, 0.05) is 37.1 Å². The first-order valence-electron chi connectivity index (χ1n) is 8.81. The molecule has 0 aliphatic carbocycles. The average Bonchev–Trinajstić information content (AvgIpc) is 3.13. The van der Waals surface area contributed by atoms with Gasteiger partial charge in [-0.2, -0.15) is 5.10 Å². The number of hydrogen-bond donors (Lipinski definition) is 2. The summed E-state index contributed by atoms with van der Waals surface area (Å²) in [6, 6.07) is 8.13. The van der Waals surface area contributed by atoms with Crippen molar-refractivity contribution in [2.45, 2.75) is 45.8 Å². The van der Waals surface area contributed by atoms with Crippen molar-refractivity contribution in [3.63, 3.8) is 0 Å². The third-order valence-corrected chi connectivity index (χ3v) is 5.20. The summed E-state index contributed by atoms with van der Waals surface area (Å²) in [7, 11) is 1.97. The molecular formula is C19H27N5O. The smallest absolute Gasteiger partial charge is 0.234 e. The van der Waals surface area contributed by atoms with Crippen LogP contribution in [0.25, 0.3) is 0 Å². The van der Waals surface area contributed by atoms with Crippen LogP contribution < -0.4 is 11.1 Å². The second-order valence-electron chi connectivity index (χ2n) is 6.81. The molecule has 25 heavy (non-hydrogen) atoms. The van der Waals surface area contributed by atoms with Gasteiger partial charge in [-0.25, -0.2) is 0 Å². The molecule has 134 valence electrons. The van der Waals surface area contributed by atoms with Gasteiger partial charge in [0.2, 0.25) is 5.91 Å². The van der Waals surface area contributed by atoms with Crippen LogP contribution in [0.15, 0.2) is 24.3 Å². The van der Waals surface area contributed by atoms with Crippen molar-refractivity contribution < 1.29 is 4.79 Å². The molecule has 0 bridgehead atoms. The van der Waals surface area contributed by atoms with Crippen LogP contribution in [0.1, 0.15) is 35.4 Å². The molecule has 6 heteroatoms. The summed E-state index contributed by atoms with van der Waals surface area (Å²) in [5.74, 6) is -0.218. The van der Waals surface area contributed by atoms with Crippen molar-refractivity contribution in [3.05, 3.63) is 46.8 Å². The molecule has 6 nitrogen and oxygen atoms in total. The quantitative estimate of drug-likeness (QED) is 0.844. The van der Waals surface area contributed by atoms with Crippen molar-refractivity contribution in [1.82, 2.24) is 14.7 Å². The van der Waals surface area contributed by atoms with Crippen LogP contribution in [-0.2, 0) is 24.9 Å². The third kappa shape index (κ3) is 3.69. The monoisotopic (exact) mass is 341 g/mol. The molecule has 2 heterocycles. The first-order valence-corrected chi connectivity index (χ1v) is 8.81. The number of likely N-dealkylation sites (tertiary alicyclic amines) is 1. The zero-order valence-corrected chi connectivity index (χ0v) is 15.2. The highest BCUT2D eigenvalue weighted by molar-refractivity contribution is 5.80. The molecule has 0 radical (unpaired) electrons. The summed E-state index contributed by atoms with van der Waals surface area (Å²) < 4.78 is 1.92. The fraction of sp³-hybridized carbons (Fsp3) is 0.474. The number of nitrogens with two attached hydrogens (primary N) is 1. The van der Waals surface area contributed by atoms with Crippen LogP contribution in [0.2, 0.25) is 0 Å². The number of nitrogens with zero attached hydrogens (tertiary/aromatic N) is 3. The van der Waals surface area contributed by atoms with Crippen LogP contribution in [0.3, 0.4) is 0 Å². The first kappa shape index (κ1) is 17.5. The second kappa shape index (κ2) is 7.27. The second-order valence-corrected chi connectivity index (χ2v) is 6.81. The van der Waals surface area contributed by atoms with Gasteiger partial charge in [0.05, 0.1) is 11.7 Å². The normalized spacial score (nSPS) is 17.8. The Morgan fingerprint density at radius 1 is 1.36 bits per heavy atom. The number of amides is 1. The maximum atomic E-state index is 11.6. The number of rotatable bonds is 6. The maximum absolute atomic E-state index is 11.6. The number of primary amides is 1. The summed E-state index contributed by atoms with van der Waals surface area (Å²) in [5, 5.41) is 8.02. The molecule has 1 aromatic carbocycles. The van der Waals surface area contributed by atoms with Gasteiger partial charge in [0.25, 0.3) is 0 Å². The van der Waals surface area contributed by atoms with Crippen molar-refractivity contribution in [2.75, 3.05) is 11.9 Å². The van der Waals surface area contributed by atoms with E-state index in [-0.39, 0.29) is 11.9 Å². The van der Waals surface area contributed by atoms with E-state index >= 15 is 0 Å². The van der Waals surface area contributed by atoms with Gasteiger partial charge < -0.3 is 11.1 Å². The van der Waals surface area contributed by atoms with Crippen molar-refractivity contribution >= 4 is 11.6 Å². The fourth-order valence-corrected chi connectivity index (χ4v) is 3.64. The van der Waals surface area contributed by atoms with Crippen LogP contribution in [0.4, 0.5) is 5.69 Å². The Morgan fingerprint density at radius 3 is 2.80 bits per heavy atom. The number of carbonyl (C=O) groups is 1. The Morgan fingerprint density at radius 2 is 2.12 bits per heavy atom. The Labute approximate surface area is 149 Å². The van der Waals surface area contributed by atoms with Crippen LogP contribution in [0.5, 0.6) is 0 Å². The third-order valence-electron chi connectivity index (χ3n) is 5.20. The molecular weight excluding hydrogens is 314 g/mol. The number of anilines is 1. The highest BCUT2D eigenvalue weighted by Gasteiger charge is 2.29. The first-order chi connectivity index (χ1) is 12.0. The van der Waals surface area contributed by atoms with E-state index in [1.807, 2.05) is 30.8 Å². The molecule has 2 aromatic rings. The maximum Gasteiger partial charge on any atom is 0.234 e. The highest BCUT2D eigenvalue weighted by Crippen LogP contribution is 2.24. The van der Waals surface area contributed by atoms with Crippen molar-refractivity contribution in [2.24, 2.45) is 12.8 Å². The number of benzene rings is 1. The van der Waals surface area contributed by atoms with Gasteiger partial charge in [-0.3, -0.25) is 14.4 Å². The lowest BCUT2D eigenvalue weighted by Gasteiger charge is -2.23. The molecule has 1 aromatic heterocycles. The molecule has 1 amide bonds. The lowest BCUT2D eigenvalue weighted by molar-refractivity contribution is -0.122. The number of hydrogen-bond acceptors (Lipinski definition) is 4. The average molecular weight is 341 g/mol. The Balaban J connectivity index is 1.74. The molecule has 3 rings (SSSR count). The predicted octanol–water partition coefficient (Wildman–Crippen LogP) is 2.10. The number of nitrogens with one attached hydrogen (secondary N) is 1. The van der Waals surface area contributed by atoms with Gasteiger partial charge in [-0.15, -0.1) is 0 Å². The predicted molar refractivity (Wildman–Crippen MR) is 99.1 cm³/mol. The van der Waals surface area contributed by atoms with E-state index in [2.05, 4.69) is 34.4 Å². The van der Waals surface area contributed by atoms with Crippen molar-refractivity contribution in [3.8, 4) is 0 Å². The van der Waals surface area contributed by atoms with E-state index < -0.39 is 0 Å². The summed E-state index contributed by atoms with van der Waals surface area (Å²) in [6.45, 7) is 6.52. The van der Waals surface area contributed by atoms with E-state index in [0.717, 1.165) is 43.9 Å². The van der Waals surface area contributed by atoms with E-state index in [1.165, 1.54) is 16.8 Å². The van der Waals surface area contributed by atoms with E-state index in [9.17, 15) is 4.79 Å². The van der Waals surface area contributed by atoms with Gasteiger partial charge in [0.15, 0.2) is 0 Å². The van der Waals surface area contributed by atoms with Gasteiger partial charge in [-0.1, -0.05) is 18.2 Å². The van der Waals surface area contributed by atoms with Crippen LogP contribution in [-0.4, -0.2) is 33.2 Å². The molecule has 1 aliphatic heterocycles. The summed E-state index contributed by atoms with van der Waals surface area (Å²) in [5.41, 5.74) is 11.3. The minimum atomic E-state index is -0.218. The van der Waals surface area contributed by atoms with Gasteiger partial charge in [-0.05, 0) is 44.9 Å². The van der Waals surface area contributed by atoms with E-state index in [1.54, 1.807) is 0 Å². The summed E-state index contributed by atoms with van der Waals surface area (Å²) in [4.78, 5) is 13.8. The van der Waals surface area contributed by atoms with Crippen molar-refractivity contribution in [1.29, 1.82) is 0 Å². The zero-order valence-electron chi connectivity index (χ0n) is 15.2. The summed E-state index contributed by atoms with van der Waals surface area (Å²) >= 11 is 0. The topological polar surface area (TPSA) is 76.2 Å². The molecule has 3 N–H and O–H groups in total. The van der Waals surface area contributed by atoms with E-state index in [4.69, 9.17) is 5.73 Å². The zero-order chi connectivity index (χ0) is 18.0. The molecule has 1 atom stereocenters. The SMILES string of the molecule is Cc1nn(C)c(C)c1CNc1ccccc1CN1CCC[C@@H]1C(N)=O. The standard InChI is InChI=1S/C19H27N5O/c1-13-16(14(2)23(3)22-13)11-21-17-8-5-4-7-15(17)12-24-10-6-9-18(24)19(20)25/h4-5,7-8,18,21H,6,9-12H2,1-3H3,(H2,20,25)/t18-/m1/s1.